The molecule has 1 heterocycles. The molecule has 170 valence electrons. The van der Waals surface area contributed by atoms with Gasteiger partial charge < -0.3 is 4.74 Å². The summed E-state index contributed by atoms with van der Waals surface area (Å²) in [6.07, 6.45) is -4.50. The van der Waals surface area contributed by atoms with Crippen LogP contribution in [0, 0.1) is 17.0 Å². The van der Waals surface area contributed by atoms with Crippen LogP contribution in [0.3, 0.4) is 0 Å². The quantitative estimate of drug-likeness (QED) is 0.134. The summed E-state index contributed by atoms with van der Waals surface area (Å²) in [7, 11) is 0. The second-order valence-electron chi connectivity index (χ2n) is 7.17. The van der Waals surface area contributed by atoms with E-state index in [0.717, 1.165) is 23.4 Å². The summed E-state index contributed by atoms with van der Waals surface area (Å²) >= 11 is 1.30. The van der Waals surface area contributed by atoms with E-state index >= 15 is 0 Å². The molecule has 0 bridgehead atoms. The van der Waals surface area contributed by atoms with Crippen molar-refractivity contribution < 1.29 is 22.8 Å². The van der Waals surface area contributed by atoms with Gasteiger partial charge in [-0.1, -0.05) is 36.0 Å². The second kappa shape index (κ2) is 9.14. The van der Waals surface area contributed by atoms with E-state index in [-0.39, 0.29) is 11.4 Å². The molecule has 0 spiro atoms. The number of nitro groups is 1. The van der Waals surface area contributed by atoms with E-state index in [9.17, 15) is 23.3 Å². The maximum Gasteiger partial charge on any atom is 0.416 e. The van der Waals surface area contributed by atoms with Crippen LogP contribution in [0.1, 0.15) is 11.1 Å². The van der Waals surface area contributed by atoms with Crippen molar-refractivity contribution >= 4 is 28.5 Å². The van der Waals surface area contributed by atoms with Crippen molar-refractivity contribution in [2.45, 2.75) is 18.3 Å². The van der Waals surface area contributed by atoms with Gasteiger partial charge in [0.1, 0.15) is 5.75 Å². The van der Waals surface area contributed by atoms with Crippen LogP contribution in [0.25, 0.3) is 16.7 Å². The number of imidazole rings is 1. The molecule has 0 saturated heterocycles. The molecule has 0 unspecified atom stereocenters. The molecule has 3 aromatic carbocycles. The third-order valence-corrected chi connectivity index (χ3v) is 5.82. The fourth-order valence-electron chi connectivity index (χ4n) is 3.33. The number of aryl methyl sites for hydroxylation is 1. The van der Waals surface area contributed by atoms with Gasteiger partial charge in [0.25, 0.3) is 5.69 Å². The topological polar surface area (TPSA) is 70.2 Å². The first-order valence-electron chi connectivity index (χ1n) is 9.90. The summed E-state index contributed by atoms with van der Waals surface area (Å²) in [5, 5.41) is 11.6. The lowest BCUT2D eigenvalue weighted by molar-refractivity contribution is -0.384. The highest BCUT2D eigenvalue weighted by atomic mass is 32.2. The highest BCUT2D eigenvalue weighted by molar-refractivity contribution is 7.99. The molecule has 0 fully saturated rings. The Bertz CT molecular complexity index is 1320. The minimum atomic E-state index is -4.50. The van der Waals surface area contributed by atoms with Gasteiger partial charge in [-0.25, -0.2) is 4.98 Å². The van der Waals surface area contributed by atoms with Crippen LogP contribution in [0.4, 0.5) is 18.9 Å². The van der Waals surface area contributed by atoms with Gasteiger partial charge in [-0.3, -0.25) is 14.7 Å². The molecule has 0 saturated carbocycles. The first-order valence-corrected chi connectivity index (χ1v) is 10.9. The van der Waals surface area contributed by atoms with Gasteiger partial charge in [0.15, 0.2) is 5.16 Å². The first-order chi connectivity index (χ1) is 15.7. The fourth-order valence-corrected chi connectivity index (χ4v) is 4.18. The summed E-state index contributed by atoms with van der Waals surface area (Å²) in [4.78, 5) is 15.1. The largest absolute Gasteiger partial charge is 0.492 e. The molecule has 10 heteroatoms. The van der Waals surface area contributed by atoms with E-state index in [2.05, 4.69) is 4.98 Å². The van der Waals surface area contributed by atoms with Crippen LogP contribution >= 0.6 is 11.8 Å². The number of nitrogens with zero attached hydrogens (tertiary/aromatic N) is 3. The lowest BCUT2D eigenvalue weighted by atomic mass is 10.2. The molecular weight excluding hydrogens is 455 g/mol. The number of rotatable bonds is 7. The standard InChI is InChI=1S/C23H18F3N3O3S/c1-15-5-2-3-8-21(15)32-11-12-33-22-27-19-14-18(29(30)31)9-10-20(19)28(22)17-7-4-6-16(13-17)23(24,25)26/h2-10,13-14H,11-12H2,1H3. The molecule has 0 aliphatic heterocycles. The van der Waals surface area contributed by atoms with E-state index in [1.54, 1.807) is 10.6 Å². The molecule has 6 nitrogen and oxygen atoms in total. The zero-order chi connectivity index (χ0) is 23.6. The molecular formula is C23H18F3N3O3S. The maximum absolute atomic E-state index is 13.3. The lowest BCUT2D eigenvalue weighted by Crippen LogP contribution is -2.07. The number of ether oxygens (including phenoxy) is 1. The number of aromatic nitrogens is 2. The van der Waals surface area contributed by atoms with Gasteiger partial charge in [0.2, 0.25) is 0 Å². The number of para-hydroxylation sites is 1. The van der Waals surface area contributed by atoms with E-state index in [1.165, 1.54) is 36.0 Å². The summed E-state index contributed by atoms with van der Waals surface area (Å²) in [5.41, 5.74) is 1.12. The highest BCUT2D eigenvalue weighted by Crippen LogP contribution is 2.34. The normalized spacial score (nSPS) is 11.6. The molecule has 0 aliphatic carbocycles. The van der Waals surface area contributed by atoms with Crippen molar-refractivity contribution in [2.75, 3.05) is 12.4 Å². The molecule has 0 atom stereocenters. The summed E-state index contributed by atoms with van der Waals surface area (Å²) in [6, 6.07) is 16.6. The monoisotopic (exact) mass is 473 g/mol. The molecule has 0 N–H and O–H groups in total. The number of non-ortho nitro benzene ring substituents is 1. The Balaban J connectivity index is 1.67. The van der Waals surface area contributed by atoms with Crippen molar-refractivity contribution in [2.24, 2.45) is 0 Å². The van der Waals surface area contributed by atoms with Gasteiger partial charge in [-0.2, -0.15) is 13.2 Å². The van der Waals surface area contributed by atoms with Crippen molar-refractivity contribution in [1.82, 2.24) is 9.55 Å². The number of hydrogen-bond donors (Lipinski definition) is 0. The molecule has 33 heavy (non-hydrogen) atoms. The predicted molar refractivity (Wildman–Crippen MR) is 120 cm³/mol. The molecule has 1 aromatic heterocycles. The Morgan fingerprint density at radius 3 is 2.61 bits per heavy atom. The van der Waals surface area contributed by atoms with Crippen LogP contribution in [0.15, 0.2) is 71.9 Å². The number of alkyl halides is 3. The lowest BCUT2D eigenvalue weighted by Gasteiger charge is -2.13. The predicted octanol–water partition coefficient (Wildman–Crippen LogP) is 6.43. The summed E-state index contributed by atoms with van der Waals surface area (Å²) in [5.74, 6) is 1.22. The van der Waals surface area contributed by atoms with E-state index in [4.69, 9.17) is 4.74 Å². The Kier molecular flexibility index (Phi) is 6.28. The van der Waals surface area contributed by atoms with Gasteiger partial charge >= 0.3 is 6.18 Å². The van der Waals surface area contributed by atoms with Crippen molar-refractivity contribution in [3.8, 4) is 11.4 Å². The number of hydrogen-bond acceptors (Lipinski definition) is 5. The third kappa shape index (κ3) is 4.95. The van der Waals surface area contributed by atoms with Gasteiger partial charge in [0.05, 0.1) is 28.1 Å². The Morgan fingerprint density at radius 2 is 1.88 bits per heavy atom. The highest BCUT2D eigenvalue weighted by Gasteiger charge is 2.31. The molecule has 0 aliphatic rings. The number of benzene rings is 3. The van der Waals surface area contributed by atoms with Crippen LogP contribution < -0.4 is 4.74 Å². The first kappa shape index (κ1) is 22.7. The smallest absolute Gasteiger partial charge is 0.416 e. The fraction of sp³-hybridized carbons (Fsp3) is 0.174. The zero-order valence-electron chi connectivity index (χ0n) is 17.4. The van der Waals surface area contributed by atoms with Crippen LogP contribution in [-0.2, 0) is 6.18 Å². The average Bonchev–Trinajstić information content (AvgIpc) is 3.14. The molecule has 0 radical (unpaired) electrons. The van der Waals surface area contributed by atoms with Gasteiger partial charge in [-0.15, -0.1) is 0 Å². The maximum atomic E-state index is 13.3. The average molecular weight is 473 g/mol. The van der Waals surface area contributed by atoms with Crippen LogP contribution in [0.2, 0.25) is 0 Å². The second-order valence-corrected chi connectivity index (χ2v) is 8.23. The van der Waals surface area contributed by atoms with Crippen LogP contribution in [-0.4, -0.2) is 26.8 Å². The Morgan fingerprint density at radius 1 is 1.09 bits per heavy atom. The van der Waals surface area contributed by atoms with E-state index in [1.807, 2.05) is 31.2 Å². The summed E-state index contributed by atoms with van der Waals surface area (Å²) < 4.78 is 47.2. The number of halogens is 3. The van der Waals surface area contributed by atoms with Crippen molar-refractivity contribution in [1.29, 1.82) is 0 Å². The number of thioether (sulfide) groups is 1. The third-order valence-electron chi connectivity index (χ3n) is 4.92. The molecule has 0 amide bonds. The molecule has 4 rings (SSSR count). The minimum Gasteiger partial charge on any atom is -0.492 e. The van der Waals surface area contributed by atoms with E-state index in [0.29, 0.717) is 28.5 Å². The number of fused-ring (bicyclic) bond motifs is 1. The van der Waals surface area contributed by atoms with Gasteiger partial charge in [-0.05, 0) is 42.8 Å². The Hall–Kier alpha value is -3.53. The summed E-state index contributed by atoms with van der Waals surface area (Å²) in [6.45, 7) is 2.28. The van der Waals surface area contributed by atoms with Crippen molar-refractivity contribution in [3.05, 3.63) is 88.0 Å². The molecule has 4 aromatic rings. The van der Waals surface area contributed by atoms with Crippen molar-refractivity contribution in [3.63, 3.8) is 0 Å². The van der Waals surface area contributed by atoms with Crippen LogP contribution in [0.5, 0.6) is 5.75 Å². The zero-order valence-corrected chi connectivity index (χ0v) is 18.2. The van der Waals surface area contributed by atoms with Gasteiger partial charge in [0, 0.05) is 23.6 Å². The van der Waals surface area contributed by atoms with E-state index < -0.39 is 16.7 Å². The Labute approximate surface area is 191 Å². The SMILES string of the molecule is Cc1ccccc1OCCSc1nc2cc([N+](=O)[O-])ccc2n1-c1cccc(C(F)(F)F)c1. The minimum absolute atomic E-state index is 0.143. The number of nitro benzene ring substituents is 1.